The number of para-hydroxylation sites is 1. The van der Waals surface area contributed by atoms with Crippen molar-refractivity contribution in [2.24, 2.45) is 0 Å². The maximum atomic E-state index is 11.8. The average molecular weight is 378 g/mol. The summed E-state index contributed by atoms with van der Waals surface area (Å²) < 4.78 is 10.4. The van der Waals surface area contributed by atoms with E-state index in [4.69, 9.17) is 4.74 Å². The number of nitrogens with one attached hydrogen (secondary N) is 1. The highest BCUT2D eigenvalue weighted by molar-refractivity contribution is 5.92. The maximum Gasteiger partial charge on any atom is 0.306 e. The molecule has 3 aromatic rings. The number of methoxy groups -OCH3 is 1. The predicted molar refractivity (Wildman–Crippen MR) is 107 cm³/mol. The smallest absolute Gasteiger partial charge is 0.306 e. The zero-order valence-electron chi connectivity index (χ0n) is 15.9. The molecule has 0 saturated carbocycles. The summed E-state index contributed by atoms with van der Waals surface area (Å²) in [4.78, 5) is 27.4. The molecule has 1 heterocycles. The van der Waals surface area contributed by atoms with E-state index in [0.29, 0.717) is 18.0 Å². The second-order valence-electron chi connectivity index (χ2n) is 6.38. The Morgan fingerprint density at radius 2 is 1.79 bits per heavy atom. The van der Waals surface area contributed by atoms with Crippen molar-refractivity contribution in [3.8, 4) is 5.75 Å². The number of carbonyl (C=O) groups excluding carboxylic acids is 2. The van der Waals surface area contributed by atoms with Crippen LogP contribution in [-0.4, -0.2) is 24.0 Å². The molecule has 28 heavy (non-hydrogen) atoms. The third-order valence-corrected chi connectivity index (χ3v) is 4.25. The van der Waals surface area contributed by atoms with E-state index in [2.05, 4.69) is 15.0 Å². The number of anilines is 1. The molecule has 0 spiro atoms. The summed E-state index contributed by atoms with van der Waals surface area (Å²) in [6.07, 6.45) is 0.141. The van der Waals surface area contributed by atoms with Crippen molar-refractivity contribution in [2.75, 3.05) is 12.4 Å². The van der Waals surface area contributed by atoms with Crippen LogP contribution in [0.15, 0.2) is 54.6 Å². The number of pyridine rings is 1. The minimum Gasteiger partial charge on any atom is -0.489 e. The summed E-state index contributed by atoms with van der Waals surface area (Å²) in [6.45, 7) is 2.39. The molecule has 3 rings (SSSR count). The first-order chi connectivity index (χ1) is 13.5. The van der Waals surface area contributed by atoms with Gasteiger partial charge in [0.1, 0.15) is 12.4 Å². The number of carbonyl (C=O) groups is 2. The summed E-state index contributed by atoms with van der Waals surface area (Å²) in [5, 5.41) is 3.82. The van der Waals surface area contributed by atoms with Gasteiger partial charge in [0, 0.05) is 28.8 Å². The predicted octanol–water partition coefficient (Wildman–Crippen LogP) is 4.01. The van der Waals surface area contributed by atoms with Gasteiger partial charge >= 0.3 is 5.97 Å². The monoisotopic (exact) mass is 378 g/mol. The van der Waals surface area contributed by atoms with Crippen LogP contribution in [0.25, 0.3) is 10.9 Å². The maximum absolute atomic E-state index is 11.8. The number of amides is 1. The van der Waals surface area contributed by atoms with Gasteiger partial charge in [0.2, 0.25) is 5.91 Å². The van der Waals surface area contributed by atoms with Crippen molar-refractivity contribution in [3.05, 3.63) is 65.9 Å². The molecule has 0 radical (unpaired) electrons. The van der Waals surface area contributed by atoms with Gasteiger partial charge in [-0.2, -0.15) is 0 Å². The molecule has 1 N–H and O–H groups in total. The number of aryl methyl sites for hydroxylation is 1. The van der Waals surface area contributed by atoms with Crippen LogP contribution in [0, 0.1) is 6.92 Å². The van der Waals surface area contributed by atoms with Crippen LogP contribution in [-0.2, 0) is 20.9 Å². The molecule has 144 valence electrons. The van der Waals surface area contributed by atoms with E-state index in [9.17, 15) is 9.59 Å². The Morgan fingerprint density at radius 1 is 1.04 bits per heavy atom. The van der Waals surface area contributed by atoms with Crippen molar-refractivity contribution >= 4 is 28.5 Å². The molecule has 0 saturated heterocycles. The van der Waals surface area contributed by atoms with Gasteiger partial charge in [-0.25, -0.2) is 0 Å². The molecule has 0 unspecified atom stereocenters. The number of fused-ring (bicyclic) bond motifs is 1. The molecule has 0 aliphatic heterocycles. The third kappa shape index (κ3) is 5.07. The first-order valence-electron chi connectivity index (χ1n) is 9.00. The Balaban J connectivity index is 1.59. The minimum atomic E-state index is -0.405. The SMILES string of the molecule is COC(=O)CCC(=O)Nc1ccc(OCc2cc(C)nc3ccccc23)cc1. The van der Waals surface area contributed by atoms with Gasteiger partial charge in [-0.1, -0.05) is 18.2 Å². The van der Waals surface area contributed by atoms with Crippen LogP contribution in [0.1, 0.15) is 24.1 Å². The molecule has 6 nitrogen and oxygen atoms in total. The van der Waals surface area contributed by atoms with E-state index >= 15 is 0 Å². The van der Waals surface area contributed by atoms with Crippen molar-refractivity contribution in [1.82, 2.24) is 4.98 Å². The quantitative estimate of drug-likeness (QED) is 0.629. The molecular weight excluding hydrogens is 356 g/mol. The van der Waals surface area contributed by atoms with E-state index in [-0.39, 0.29) is 18.7 Å². The topological polar surface area (TPSA) is 77.5 Å². The lowest BCUT2D eigenvalue weighted by atomic mass is 10.1. The average Bonchev–Trinajstić information content (AvgIpc) is 2.71. The lowest BCUT2D eigenvalue weighted by Crippen LogP contribution is -2.13. The van der Waals surface area contributed by atoms with Gasteiger partial charge in [0.25, 0.3) is 0 Å². The van der Waals surface area contributed by atoms with Crippen LogP contribution >= 0.6 is 0 Å². The highest BCUT2D eigenvalue weighted by Gasteiger charge is 2.08. The Labute approximate surface area is 163 Å². The molecule has 0 fully saturated rings. The second-order valence-corrected chi connectivity index (χ2v) is 6.38. The summed E-state index contributed by atoms with van der Waals surface area (Å²) >= 11 is 0. The number of benzene rings is 2. The van der Waals surface area contributed by atoms with Gasteiger partial charge in [-0.15, -0.1) is 0 Å². The fraction of sp³-hybridized carbons (Fsp3) is 0.227. The molecule has 6 heteroatoms. The van der Waals surface area contributed by atoms with Gasteiger partial charge in [-0.3, -0.25) is 14.6 Å². The van der Waals surface area contributed by atoms with Gasteiger partial charge < -0.3 is 14.8 Å². The molecule has 0 aliphatic rings. The standard InChI is InChI=1S/C22H22N2O4/c1-15-13-16(19-5-3-4-6-20(19)23-15)14-28-18-9-7-17(8-10-18)24-21(25)11-12-22(26)27-2/h3-10,13H,11-12,14H2,1-2H3,(H,24,25). The van der Waals surface area contributed by atoms with Crippen molar-refractivity contribution in [3.63, 3.8) is 0 Å². The zero-order chi connectivity index (χ0) is 19.9. The van der Waals surface area contributed by atoms with Crippen molar-refractivity contribution in [1.29, 1.82) is 0 Å². The first kappa shape index (κ1) is 19.4. The van der Waals surface area contributed by atoms with E-state index in [1.807, 2.05) is 37.3 Å². The van der Waals surface area contributed by atoms with Crippen LogP contribution < -0.4 is 10.1 Å². The number of hydrogen-bond donors (Lipinski definition) is 1. The summed E-state index contributed by atoms with van der Waals surface area (Å²) in [6, 6.07) is 17.1. The summed E-state index contributed by atoms with van der Waals surface area (Å²) in [7, 11) is 1.30. The lowest BCUT2D eigenvalue weighted by molar-refractivity contribution is -0.141. The molecule has 1 amide bonds. The first-order valence-corrected chi connectivity index (χ1v) is 9.00. The van der Waals surface area contributed by atoms with Crippen LogP contribution in [0.5, 0.6) is 5.75 Å². The van der Waals surface area contributed by atoms with Gasteiger partial charge in [0.05, 0.1) is 19.0 Å². The second kappa shape index (κ2) is 8.99. The number of esters is 1. The number of rotatable bonds is 7. The van der Waals surface area contributed by atoms with Crippen molar-refractivity contribution in [2.45, 2.75) is 26.4 Å². The minimum absolute atomic E-state index is 0.0584. The highest BCUT2D eigenvalue weighted by atomic mass is 16.5. The fourth-order valence-corrected chi connectivity index (χ4v) is 2.85. The molecule has 1 aromatic heterocycles. The van der Waals surface area contributed by atoms with Crippen LogP contribution in [0.4, 0.5) is 5.69 Å². The Morgan fingerprint density at radius 3 is 2.54 bits per heavy atom. The summed E-state index contributed by atoms with van der Waals surface area (Å²) in [5.74, 6) is 0.0571. The van der Waals surface area contributed by atoms with Gasteiger partial charge in [-0.05, 0) is 43.3 Å². The van der Waals surface area contributed by atoms with E-state index in [0.717, 1.165) is 22.2 Å². The molecule has 0 aliphatic carbocycles. The van der Waals surface area contributed by atoms with Crippen LogP contribution in [0.2, 0.25) is 0 Å². The molecule has 0 bridgehead atoms. The fourth-order valence-electron chi connectivity index (χ4n) is 2.85. The number of aromatic nitrogens is 1. The Kier molecular flexibility index (Phi) is 6.22. The van der Waals surface area contributed by atoms with Crippen molar-refractivity contribution < 1.29 is 19.1 Å². The largest absolute Gasteiger partial charge is 0.489 e. The van der Waals surface area contributed by atoms with E-state index in [1.165, 1.54) is 7.11 Å². The summed E-state index contributed by atoms with van der Waals surface area (Å²) in [5.41, 5.74) is 3.61. The third-order valence-electron chi connectivity index (χ3n) is 4.25. The number of hydrogen-bond acceptors (Lipinski definition) is 5. The number of nitrogens with zero attached hydrogens (tertiary/aromatic N) is 1. The number of ether oxygens (including phenoxy) is 2. The lowest BCUT2D eigenvalue weighted by Gasteiger charge is -2.11. The zero-order valence-corrected chi connectivity index (χ0v) is 15.9. The Bertz CT molecular complexity index is 983. The van der Waals surface area contributed by atoms with E-state index < -0.39 is 5.97 Å². The molecular formula is C22H22N2O4. The highest BCUT2D eigenvalue weighted by Crippen LogP contribution is 2.22. The molecule has 0 atom stereocenters. The Hall–Kier alpha value is -3.41. The van der Waals surface area contributed by atoms with E-state index in [1.54, 1.807) is 24.3 Å². The normalized spacial score (nSPS) is 10.5. The molecule has 2 aromatic carbocycles. The van der Waals surface area contributed by atoms with Crippen LogP contribution in [0.3, 0.4) is 0 Å². The van der Waals surface area contributed by atoms with Gasteiger partial charge in [0.15, 0.2) is 0 Å².